The highest BCUT2D eigenvalue weighted by molar-refractivity contribution is 5.78. The first-order valence-electron chi connectivity index (χ1n) is 13.4. The number of piperidine rings is 2. The Morgan fingerprint density at radius 3 is 2.51 bits per heavy atom. The van der Waals surface area contributed by atoms with Crippen molar-refractivity contribution in [3.63, 3.8) is 0 Å². The Morgan fingerprint density at radius 2 is 1.83 bits per heavy atom. The van der Waals surface area contributed by atoms with Crippen molar-refractivity contribution >= 4 is 5.91 Å². The highest BCUT2D eigenvalue weighted by atomic mass is 16.5. The maximum Gasteiger partial charge on any atom is 0.241 e. The number of carbonyl (C=O) groups excluding carboxylic acids is 1. The molecule has 1 atom stereocenters. The van der Waals surface area contributed by atoms with Crippen molar-refractivity contribution in [2.75, 3.05) is 39.3 Å². The highest BCUT2D eigenvalue weighted by Gasteiger charge is 2.26. The Hall–Kier alpha value is -2.25. The van der Waals surface area contributed by atoms with E-state index in [1.54, 1.807) is 0 Å². The average Bonchev–Trinajstić information content (AvgIpc) is 3.30. The van der Waals surface area contributed by atoms with E-state index in [0.29, 0.717) is 18.3 Å². The number of rotatable bonds is 8. The lowest BCUT2D eigenvalue weighted by molar-refractivity contribution is -0.126. The van der Waals surface area contributed by atoms with Gasteiger partial charge in [-0.1, -0.05) is 57.1 Å². The van der Waals surface area contributed by atoms with Gasteiger partial charge in [-0.25, -0.2) is 0 Å². The van der Waals surface area contributed by atoms with E-state index in [0.717, 1.165) is 56.9 Å². The molecule has 7 nitrogen and oxygen atoms in total. The summed E-state index contributed by atoms with van der Waals surface area (Å²) >= 11 is 0. The van der Waals surface area contributed by atoms with Gasteiger partial charge in [0.1, 0.15) is 0 Å². The van der Waals surface area contributed by atoms with Crippen molar-refractivity contribution in [2.45, 2.75) is 71.8 Å². The van der Waals surface area contributed by atoms with E-state index < -0.39 is 0 Å². The van der Waals surface area contributed by atoms with Crippen LogP contribution in [0.15, 0.2) is 28.8 Å². The number of amides is 1. The first kappa shape index (κ1) is 25.8. The predicted molar refractivity (Wildman–Crippen MR) is 139 cm³/mol. The zero-order valence-corrected chi connectivity index (χ0v) is 22.1. The zero-order valence-electron chi connectivity index (χ0n) is 22.1. The largest absolute Gasteiger partial charge is 0.356 e. The summed E-state index contributed by atoms with van der Waals surface area (Å²) in [4.78, 5) is 22.1. The first-order chi connectivity index (χ1) is 16.8. The normalized spacial score (nSPS) is 20.7. The van der Waals surface area contributed by atoms with Gasteiger partial charge in [-0.05, 0) is 75.2 Å². The van der Waals surface area contributed by atoms with Crippen LogP contribution >= 0.6 is 0 Å². The average molecular weight is 482 g/mol. The third-order valence-corrected chi connectivity index (χ3v) is 7.49. The molecule has 1 aromatic carbocycles. The molecule has 1 N–H and O–H groups in total. The van der Waals surface area contributed by atoms with Crippen molar-refractivity contribution in [3.05, 3.63) is 35.7 Å². The summed E-state index contributed by atoms with van der Waals surface area (Å²) in [6.07, 6.45) is 5.46. The number of hydrogen-bond donors (Lipinski definition) is 1. The summed E-state index contributed by atoms with van der Waals surface area (Å²) in [5, 5.41) is 7.36. The number of aromatic nitrogens is 2. The van der Waals surface area contributed by atoms with Crippen LogP contribution in [0, 0.1) is 11.8 Å². The minimum absolute atomic E-state index is 0.112. The molecule has 2 aliphatic heterocycles. The van der Waals surface area contributed by atoms with Gasteiger partial charge in [-0.2, -0.15) is 4.98 Å². The van der Waals surface area contributed by atoms with Crippen LogP contribution in [0.25, 0.3) is 11.4 Å². The molecular weight excluding hydrogens is 438 g/mol. The topological polar surface area (TPSA) is 74.5 Å². The molecule has 1 amide bonds. The van der Waals surface area contributed by atoms with Crippen molar-refractivity contribution in [1.29, 1.82) is 0 Å². The second-order valence-electron chi connectivity index (χ2n) is 11.6. The van der Waals surface area contributed by atoms with Gasteiger partial charge in [0.15, 0.2) is 0 Å². The monoisotopic (exact) mass is 481 g/mol. The van der Waals surface area contributed by atoms with Crippen LogP contribution in [0.4, 0.5) is 0 Å². The van der Waals surface area contributed by atoms with Crippen LogP contribution in [0.2, 0.25) is 0 Å². The van der Waals surface area contributed by atoms with E-state index in [1.807, 2.05) is 0 Å². The number of nitrogens with one attached hydrogen (secondary N) is 1. The van der Waals surface area contributed by atoms with Gasteiger partial charge in [-0.15, -0.1) is 0 Å². The second kappa shape index (κ2) is 11.7. The molecule has 0 spiro atoms. The number of benzene rings is 1. The van der Waals surface area contributed by atoms with Crippen molar-refractivity contribution in [2.24, 2.45) is 11.8 Å². The lowest BCUT2D eigenvalue weighted by Gasteiger charge is -2.31. The summed E-state index contributed by atoms with van der Waals surface area (Å²) in [5.74, 6) is 2.40. The third-order valence-electron chi connectivity index (χ3n) is 7.49. The fourth-order valence-electron chi connectivity index (χ4n) is 5.25. The first-order valence-corrected chi connectivity index (χ1v) is 13.4. The van der Waals surface area contributed by atoms with Gasteiger partial charge < -0.3 is 14.7 Å². The number of nitrogens with zero attached hydrogens (tertiary/aromatic N) is 4. The third kappa shape index (κ3) is 7.37. The van der Waals surface area contributed by atoms with Crippen molar-refractivity contribution in [3.8, 4) is 11.4 Å². The minimum atomic E-state index is 0.112. The summed E-state index contributed by atoms with van der Waals surface area (Å²) in [6, 6.07) is 8.39. The molecule has 2 fully saturated rings. The quantitative estimate of drug-likeness (QED) is 0.560. The Kier molecular flexibility index (Phi) is 8.60. The smallest absolute Gasteiger partial charge is 0.241 e. The van der Waals surface area contributed by atoms with E-state index in [-0.39, 0.29) is 17.2 Å². The number of carbonyl (C=O) groups is 1. The van der Waals surface area contributed by atoms with Crippen LogP contribution in [0.1, 0.15) is 71.3 Å². The molecule has 1 aromatic heterocycles. The molecule has 192 valence electrons. The zero-order chi connectivity index (χ0) is 24.8. The van der Waals surface area contributed by atoms with Crippen LogP contribution < -0.4 is 5.32 Å². The molecule has 1 unspecified atom stereocenters. The maximum atomic E-state index is 12.6. The predicted octanol–water partition coefficient (Wildman–Crippen LogP) is 4.48. The van der Waals surface area contributed by atoms with Crippen LogP contribution in [0.5, 0.6) is 0 Å². The summed E-state index contributed by atoms with van der Waals surface area (Å²) in [5.41, 5.74) is 2.38. The standard InChI is InChI=1S/C28H43N5O2/c1-21-7-5-15-32(19-21)16-6-14-29-27(34)23-12-17-33(18-13-23)20-25-30-26(31-35-25)22-8-10-24(11-9-22)28(2,3)4/h8-11,21,23H,5-7,12-20H2,1-4H3,(H,29,34). The van der Waals surface area contributed by atoms with Gasteiger partial charge in [0.05, 0.1) is 6.54 Å². The molecule has 0 saturated carbocycles. The molecule has 2 aliphatic rings. The molecular formula is C28H43N5O2. The number of hydrogen-bond acceptors (Lipinski definition) is 6. The van der Waals surface area contributed by atoms with Gasteiger partial charge in [0.25, 0.3) is 0 Å². The van der Waals surface area contributed by atoms with Crippen LogP contribution in [-0.4, -0.2) is 65.1 Å². The van der Waals surface area contributed by atoms with Gasteiger partial charge in [-0.3, -0.25) is 9.69 Å². The maximum absolute atomic E-state index is 12.6. The lowest BCUT2D eigenvalue weighted by atomic mass is 9.87. The van der Waals surface area contributed by atoms with E-state index in [2.05, 4.69) is 77.2 Å². The molecule has 2 saturated heterocycles. The molecule has 3 heterocycles. The summed E-state index contributed by atoms with van der Waals surface area (Å²) in [6.45, 7) is 15.6. The fourth-order valence-corrected chi connectivity index (χ4v) is 5.25. The van der Waals surface area contributed by atoms with E-state index in [1.165, 1.54) is 31.5 Å². The highest BCUT2D eigenvalue weighted by Crippen LogP contribution is 2.25. The van der Waals surface area contributed by atoms with Gasteiger partial charge in [0, 0.05) is 24.6 Å². The molecule has 0 radical (unpaired) electrons. The molecule has 4 rings (SSSR count). The summed E-state index contributed by atoms with van der Waals surface area (Å²) in [7, 11) is 0. The second-order valence-corrected chi connectivity index (χ2v) is 11.6. The number of likely N-dealkylation sites (tertiary alicyclic amines) is 2. The molecule has 35 heavy (non-hydrogen) atoms. The lowest BCUT2D eigenvalue weighted by Crippen LogP contribution is -2.41. The molecule has 0 aliphatic carbocycles. The Balaban J connectivity index is 1.16. The summed E-state index contributed by atoms with van der Waals surface area (Å²) < 4.78 is 5.53. The van der Waals surface area contributed by atoms with Crippen molar-refractivity contribution < 1.29 is 9.32 Å². The van der Waals surface area contributed by atoms with Gasteiger partial charge in [0.2, 0.25) is 17.6 Å². The Labute approximate surface area is 210 Å². The van der Waals surface area contributed by atoms with Gasteiger partial charge >= 0.3 is 0 Å². The Morgan fingerprint density at radius 1 is 1.09 bits per heavy atom. The van der Waals surface area contributed by atoms with Crippen LogP contribution in [0.3, 0.4) is 0 Å². The van der Waals surface area contributed by atoms with Crippen molar-refractivity contribution in [1.82, 2.24) is 25.3 Å². The SMILES string of the molecule is CC1CCCN(CCCNC(=O)C2CCN(Cc3nc(-c4ccc(C(C)(C)C)cc4)no3)CC2)C1. The molecule has 2 aromatic rings. The van der Waals surface area contributed by atoms with E-state index >= 15 is 0 Å². The Bertz CT molecular complexity index is 941. The fraction of sp³-hybridized carbons (Fsp3) is 0.679. The van der Waals surface area contributed by atoms with Crippen LogP contribution in [-0.2, 0) is 16.8 Å². The van der Waals surface area contributed by atoms with E-state index in [9.17, 15) is 4.79 Å². The molecule has 0 bridgehead atoms. The minimum Gasteiger partial charge on any atom is -0.356 e. The van der Waals surface area contributed by atoms with E-state index in [4.69, 9.17) is 4.52 Å². The molecule has 7 heteroatoms.